The first-order chi connectivity index (χ1) is 10.2. The zero-order valence-electron chi connectivity index (χ0n) is 12.2. The first-order valence-corrected chi connectivity index (χ1v) is 7.79. The predicted octanol–water partition coefficient (Wildman–Crippen LogP) is 3.66. The number of ether oxygens (including phenoxy) is 1. The molecule has 0 aliphatic heterocycles. The molecule has 21 heavy (non-hydrogen) atoms. The van der Waals surface area contributed by atoms with E-state index in [2.05, 4.69) is 5.32 Å². The molecule has 1 amide bonds. The van der Waals surface area contributed by atoms with E-state index in [0.29, 0.717) is 5.75 Å². The highest BCUT2D eigenvalue weighted by molar-refractivity contribution is 8.00. The summed E-state index contributed by atoms with van der Waals surface area (Å²) in [4.78, 5) is 13.1. The van der Waals surface area contributed by atoms with E-state index in [1.165, 1.54) is 11.8 Å². The van der Waals surface area contributed by atoms with E-state index in [9.17, 15) is 4.79 Å². The Labute approximate surface area is 129 Å². The molecule has 0 radical (unpaired) electrons. The number of benzene rings is 2. The fraction of sp³-hybridized carbons (Fsp3) is 0.235. The monoisotopic (exact) mass is 301 g/mol. The van der Waals surface area contributed by atoms with Gasteiger partial charge in [-0.2, -0.15) is 0 Å². The van der Waals surface area contributed by atoms with Gasteiger partial charge in [0, 0.05) is 10.5 Å². The lowest BCUT2D eigenvalue weighted by atomic mass is 10.1. The number of thioether (sulfide) groups is 1. The third-order valence-electron chi connectivity index (χ3n) is 3.10. The molecule has 0 aromatic heterocycles. The Morgan fingerprint density at radius 1 is 1.14 bits per heavy atom. The van der Waals surface area contributed by atoms with Crippen LogP contribution in [0.25, 0.3) is 0 Å². The molecule has 0 heterocycles. The van der Waals surface area contributed by atoms with E-state index < -0.39 is 0 Å². The van der Waals surface area contributed by atoms with Crippen LogP contribution in [0.1, 0.15) is 18.5 Å². The third-order valence-corrected chi connectivity index (χ3v) is 4.11. The minimum absolute atomic E-state index is 0.0160. The van der Waals surface area contributed by atoms with Crippen molar-refractivity contribution < 1.29 is 9.53 Å². The highest BCUT2D eigenvalue weighted by atomic mass is 32.2. The van der Waals surface area contributed by atoms with Crippen molar-refractivity contribution in [2.24, 2.45) is 0 Å². The topological polar surface area (TPSA) is 38.3 Å². The van der Waals surface area contributed by atoms with Gasteiger partial charge in [0.25, 0.3) is 0 Å². The van der Waals surface area contributed by atoms with Gasteiger partial charge in [-0.3, -0.25) is 4.79 Å². The number of carbonyl (C=O) groups is 1. The maximum atomic E-state index is 12.0. The molecule has 2 aromatic carbocycles. The summed E-state index contributed by atoms with van der Waals surface area (Å²) in [5.41, 5.74) is 0.984. The Bertz CT molecular complexity index is 586. The maximum absolute atomic E-state index is 12.0. The van der Waals surface area contributed by atoms with Gasteiger partial charge in [0.05, 0.1) is 18.9 Å². The van der Waals surface area contributed by atoms with Crippen LogP contribution < -0.4 is 10.1 Å². The number of amides is 1. The molecule has 2 rings (SSSR count). The SMILES string of the molecule is COc1ccccc1[C@H](C)NC(=O)CSc1ccccc1. The third kappa shape index (κ3) is 4.53. The molecule has 0 bridgehead atoms. The molecule has 0 saturated carbocycles. The van der Waals surface area contributed by atoms with Crippen LogP contribution >= 0.6 is 11.8 Å². The Morgan fingerprint density at radius 3 is 2.52 bits per heavy atom. The smallest absolute Gasteiger partial charge is 0.230 e. The highest BCUT2D eigenvalue weighted by Crippen LogP contribution is 2.24. The zero-order valence-corrected chi connectivity index (χ0v) is 13.0. The zero-order chi connectivity index (χ0) is 15.1. The second kappa shape index (κ2) is 7.74. The van der Waals surface area contributed by atoms with Crippen LogP contribution in [-0.4, -0.2) is 18.8 Å². The van der Waals surface area contributed by atoms with Crippen molar-refractivity contribution in [1.29, 1.82) is 0 Å². The minimum Gasteiger partial charge on any atom is -0.496 e. The molecule has 0 aliphatic carbocycles. The summed E-state index contributed by atoms with van der Waals surface area (Å²) in [5.74, 6) is 1.21. The molecule has 2 aromatic rings. The first-order valence-electron chi connectivity index (χ1n) is 6.81. The number of carbonyl (C=O) groups excluding carboxylic acids is 1. The molecule has 3 nitrogen and oxygen atoms in total. The fourth-order valence-corrected chi connectivity index (χ4v) is 2.78. The van der Waals surface area contributed by atoms with Crippen molar-refractivity contribution in [1.82, 2.24) is 5.32 Å². The van der Waals surface area contributed by atoms with Crippen molar-refractivity contribution in [3.8, 4) is 5.75 Å². The summed E-state index contributed by atoms with van der Waals surface area (Å²) >= 11 is 1.53. The molecule has 110 valence electrons. The summed E-state index contributed by atoms with van der Waals surface area (Å²) in [6.45, 7) is 1.96. The Balaban J connectivity index is 1.90. The van der Waals surface area contributed by atoms with Crippen molar-refractivity contribution >= 4 is 17.7 Å². The molecule has 0 spiro atoms. The Morgan fingerprint density at radius 2 is 1.81 bits per heavy atom. The van der Waals surface area contributed by atoms with Crippen LogP contribution in [0.4, 0.5) is 0 Å². The maximum Gasteiger partial charge on any atom is 0.230 e. The number of para-hydroxylation sites is 1. The molecule has 0 aliphatic rings. The fourth-order valence-electron chi connectivity index (χ4n) is 2.05. The highest BCUT2D eigenvalue weighted by Gasteiger charge is 2.13. The van der Waals surface area contributed by atoms with Crippen molar-refractivity contribution in [3.05, 3.63) is 60.2 Å². The van der Waals surface area contributed by atoms with E-state index in [0.717, 1.165) is 16.2 Å². The second-order valence-electron chi connectivity index (χ2n) is 4.63. The summed E-state index contributed by atoms with van der Waals surface area (Å²) < 4.78 is 5.32. The van der Waals surface area contributed by atoms with Crippen molar-refractivity contribution in [3.63, 3.8) is 0 Å². The first kappa shape index (κ1) is 15.4. The average molecular weight is 301 g/mol. The quantitative estimate of drug-likeness (QED) is 0.827. The van der Waals surface area contributed by atoms with Crippen molar-refractivity contribution in [2.45, 2.75) is 17.9 Å². The normalized spacial score (nSPS) is 11.7. The van der Waals surface area contributed by atoms with E-state index in [1.807, 2.05) is 61.5 Å². The minimum atomic E-state index is -0.0787. The van der Waals surface area contributed by atoms with Crippen LogP contribution in [0.2, 0.25) is 0 Å². The molecule has 4 heteroatoms. The van der Waals surface area contributed by atoms with Gasteiger partial charge in [0.2, 0.25) is 5.91 Å². The van der Waals surface area contributed by atoms with Crippen LogP contribution in [0.3, 0.4) is 0 Å². The van der Waals surface area contributed by atoms with E-state index in [4.69, 9.17) is 4.74 Å². The number of rotatable bonds is 6. The van der Waals surface area contributed by atoms with Gasteiger partial charge in [0.1, 0.15) is 5.75 Å². The lowest BCUT2D eigenvalue weighted by molar-refractivity contribution is -0.119. The van der Waals surface area contributed by atoms with E-state index in [1.54, 1.807) is 7.11 Å². The van der Waals surface area contributed by atoms with Gasteiger partial charge in [-0.05, 0) is 25.1 Å². The van der Waals surface area contributed by atoms with Crippen LogP contribution in [0.15, 0.2) is 59.5 Å². The van der Waals surface area contributed by atoms with Crippen LogP contribution in [0.5, 0.6) is 5.75 Å². The van der Waals surface area contributed by atoms with E-state index >= 15 is 0 Å². The molecular weight excluding hydrogens is 282 g/mol. The standard InChI is InChI=1S/C17H19NO2S/c1-13(15-10-6-7-11-16(15)20-2)18-17(19)12-21-14-8-4-3-5-9-14/h3-11,13H,12H2,1-2H3,(H,18,19)/t13-/m0/s1. The van der Waals surface area contributed by atoms with Gasteiger partial charge in [0.15, 0.2) is 0 Å². The Kier molecular flexibility index (Phi) is 5.69. The Hall–Kier alpha value is -1.94. The average Bonchev–Trinajstić information content (AvgIpc) is 2.53. The van der Waals surface area contributed by atoms with Gasteiger partial charge >= 0.3 is 0 Å². The number of methoxy groups -OCH3 is 1. The van der Waals surface area contributed by atoms with Crippen LogP contribution in [0, 0.1) is 0 Å². The van der Waals surface area contributed by atoms with Gasteiger partial charge in [-0.1, -0.05) is 36.4 Å². The predicted molar refractivity (Wildman–Crippen MR) is 86.7 cm³/mol. The van der Waals surface area contributed by atoms with E-state index in [-0.39, 0.29) is 11.9 Å². The van der Waals surface area contributed by atoms with Gasteiger partial charge in [-0.25, -0.2) is 0 Å². The van der Waals surface area contributed by atoms with Crippen molar-refractivity contribution in [2.75, 3.05) is 12.9 Å². The molecule has 0 fully saturated rings. The lowest BCUT2D eigenvalue weighted by Crippen LogP contribution is -2.28. The lowest BCUT2D eigenvalue weighted by Gasteiger charge is -2.17. The number of nitrogens with one attached hydrogen (secondary N) is 1. The molecule has 0 saturated heterocycles. The summed E-state index contributed by atoms with van der Waals surface area (Å²) in [5, 5.41) is 3.00. The molecular formula is C17H19NO2S. The van der Waals surface area contributed by atoms with Gasteiger partial charge < -0.3 is 10.1 Å². The van der Waals surface area contributed by atoms with Crippen LogP contribution in [-0.2, 0) is 4.79 Å². The molecule has 0 unspecified atom stereocenters. The summed E-state index contributed by atoms with van der Waals surface area (Å²) in [6, 6.07) is 17.6. The summed E-state index contributed by atoms with van der Waals surface area (Å²) in [6.07, 6.45) is 0. The number of hydrogen-bond donors (Lipinski definition) is 1. The molecule has 1 N–H and O–H groups in total. The summed E-state index contributed by atoms with van der Waals surface area (Å²) in [7, 11) is 1.64. The second-order valence-corrected chi connectivity index (χ2v) is 5.68. The number of hydrogen-bond acceptors (Lipinski definition) is 3. The van der Waals surface area contributed by atoms with Gasteiger partial charge in [-0.15, -0.1) is 11.8 Å². The molecule has 1 atom stereocenters. The largest absolute Gasteiger partial charge is 0.496 e.